The number of aromatic nitrogens is 3. The van der Waals surface area contributed by atoms with Gasteiger partial charge < -0.3 is 0 Å². The fraction of sp³-hybridized carbons (Fsp3) is 0.125. The number of nitrogens with one attached hydrogen (secondary N) is 1. The molecule has 1 N–H and O–H groups in total. The minimum Gasteiger partial charge on any atom is -0.271 e. The van der Waals surface area contributed by atoms with Gasteiger partial charge in [0.2, 0.25) is 10.0 Å². The summed E-state index contributed by atoms with van der Waals surface area (Å²) in [4.78, 5) is 14.2. The Morgan fingerprint density at radius 1 is 1.12 bits per heavy atom. The lowest BCUT2D eigenvalue weighted by atomic mass is 10.3. The molecule has 3 rings (SSSR count). The highest BCUT2D eigenvalue weighted by atomic mass is 32.2. The zero-order valence-electron chi connectivity index (χ0n) is 13.5. The molecule has 0 aliphatic rings. The molecule has 0 saturated carbocycles. The van der Waals surface area contributed by atoms with Crippen LogP contribution in [0.1, 0.15) is 0 Å². The van der Waals surface area contributed by atoms with Gasteiger partial charge in [-0.15, -0.1) is 0 Å². The van der Waals surface area contributed by atoms with E-state index in [4.69, 9.17) is 0 Å². The van der Waals surface area contributed by atoms with Crippen LogP contribution in [0.4, 0.5) is 5.69 Å². The average Bonchev–Trinajstić information content (AvgIpc) is 3.11. The number of nitrogens with zero attached hydrogens (tertiary/aromatic N) is 4. The monoisotopic (exact) mass is 373 g/mol. The summed E-state index contributed by atoms with van der Waals surface area (Å²) in [6.07, 6.45) is 3.40. The number of pyridine rings is 1. The standard InChI is InChI=1S/C16H15N5O4S/c22-21(23)13-4-3-5-14(12-13)26(24,25)18-9-11-20-10-7-16(19-20)15-6-1-2-8-17-15/h1-8,10,12,18H,9,11H2. The van der Waals surface area contributed by atoms with Gasteiger partial charge in [0, 0.05) is 31.1 Å². The lowest BCUT2D eigenvalue weighted by molar-refractivity contribution is -0.385. The number of rotatable bonds is 7. The zero-order valence-corrected chi connectivity index (χ0v) is 14.3. The van der Waals surface area contributed by atoms with Crippen LogP contribution in [0, 0.1) is 10.1 Å². The van der Waals surface area contributed by atoms with E-state index < -0.39 is 14.9 Å². The van der Waals surface area contributed by atoms with E-state index in [0.29, 0.717) is 12.2 Å². The van der Waals surface area contributed by atoms with Crippen molar-refractivity contribution in [3.63, 3.8) is 0 Å². The first-order valence-electron chi connectivity index (χ1n) is 7.65. The number of nitro benzene ring substituents is 1. The van der Waals surface area contributed by atoms with Crippen LogP contribution < -0.4 is 4.72 Å². The predicted octanol–water partition coefficient (Wildman–Crippen LogP) is 1.83. The third kappa shape index (κ3) is 4.10. The van der Waals surface area contributed by atoms with Crippen molar-refractivity contribution in [2.75, 3.05) is 6.54 Å². The Hall–Kier alpha value is -3.11. The van der Waals surface area contributed by atoms with Gasteiger partial charge in [0.1, 0.15) is 5.69 Å². The first-order chi connectivity index (χ1) is 12.5. The third-order valence-electron chi connectivity index (χ3n) is 3.54. The molecule has 0 saturated heterocycles. The van der Waals surface area contributed by atoms with E-state index >= 15 is 0 Å². The first-order valence-corrected chi connectivity index (χ1v) is 9.13. The largest absolute Gasteiger partial charge is 0.271 e. The van der Waals surface area contributed by atoms with Crippen LogP contribution in [0.15, 0.2) is 65.8 Å². The average molecular weight is 373 g/mol. The molecular weight excluding hydrogens is 358 g/mol. The summed E-state index contributed by atoms with van der Waals surface area (Å²) in [5, 5.41) is 15.1. The summed E-state index contributed by atoms with van der Waals surface area (Å²) in [6, 6.07) is 12.2. The second-order valence-electron chi connectivity index (χ2n) is 5.33. The molecule has 0 unspecified atom stereocenters. The summed E-state index contributed by atoms with van der Waals surface area (Å²) in [5.74, 6) is 0. The van der Waals surface area contributed by atoms with Crippen molar-refractivity contribution < 1.29 is 13.3 Å². The van der Waals surface area contributed by atoms with Crippen molar-refractivity contribution >= 4 is 15.7 Å². The normalized spacial score (nSPS) is 11.4. The van der Waals surface area contributed by atoms with Crippen molar-refractivity contribution in [1.29, 1.82) is 0 Å². The first kappa shape index (κ1) is 17.7. The molecule has 3 aromatic rings. The van der Waals surface area contributed by atoms with Gasteiger partial charge in [-0.1, -0.05) is 12.1 Å². The predicted molar refractivity (Wildman–Crippen MR) is 93.7 cm³/mol. The summed E-state index contributed by atoms with van der Waals surface area (Å²) >= 11 is 0. The molecule has 2 aromatic heterocycles. The van der Waals surface area contributed by atoms with Crippen molar-refractivity contribution in [1.82, 2.24) is 19.5 Å². The zero-order chi connectivity index (χ0) is 18.6. The number of non-ortho nitro benzene ring substituents is 1. The summed E-state index contributed by atoms with van der Waals surface area (Å²) in [6.45, 7) is 0.398. The smallest absolute Gasteiger partial charge is 0.270 e. The molecule has 1 aromatic carbocycles. The van der Waals surface area contributed by atoms with Gasteiger partial charge in [-0.25, -0.2) is 13.1 Å². The van der Waals surface area contributed by atoms with Crippen LogP contribution in [0.25, 0.3) is 11.4 Å². The van der Waals surface area contributed by atoms with E-state index in [2.05, 4.69) is 14.8 Å². The van der Waals surface area contributed by atoms with Crippen molar-refractivity contribution in [3.8, 4) is 11.4 Å². The van der Waals surface area contributed by atoms with Crippen LogP contribution in [0.5, 0.6) is 0 Å². The maximum Gasteiger partial charge on any atom is 0.270 e. The lowest BCUT2D eigenvalue weighted by Crippen LogP contribution is -2.27. The lowest BCUT2D eigenvalue weighted by Gasteiger charge is -2.07. The summed E-state index contributed by atoms with van der Waals surface area (Å²) in [7, 11) is -3.84. The fourth-order valence-electron chi connectivity index (χ4n) is 2.28. The summed E-state index contributed by atoms with van der Waals surface area (Å²) in [5.41, 5.74) is 1.13. The van der Waals surface area contributed by atoms with Crippen molar-refractivity contribution in [3.05, 3.63) is 71.0 Å². The molecule has 134 valence electrons. The van der Waals surface area contributed by atoms with Crippen molar-refractivity contribution in [2.24, 2.45) is 0 Å². The Morgan fingerprint density at radius 3 is 2.69 bits per heavy atom. The molecule has 2 heterocycles. The topological polar surface area (TPSA) is 120 Å². The maximum atomic E-state index is 12.3. The van der Waals surface area contributed by atoms with Crippen LogP contribution in [0.2, 0.25) is 0 Å². The van der Waals surface area contributed by atoms with Gasteiger partial charge >= 0.3 is 0 Å². The molecule has 0 radical (unpaired) electrons. The van der Waals surface area contributed by atoms with E-state index in [0.717, 1.165) is 11.8 Å². The molecule has 0 atom stereocenters. The fourth-order valence-corrected chi connectivity index (χ4v) is 3.34. The minimum atomic E-state index is -3.84. The van der Waals surface area contributed by atoms with Gasteiger partial charge in [0.15, 0.2) is 0 Å². The minimum absolute atomic E-state index is 0.0916. The van der Waals surface area contributed by atoms with E-state index in [9.17, 15) is 18.5 Å². The van der Waals surface area contributed by atoms with Gasteiger partial charge in [0.05, 0.1) is 22.1 Å². The van der Waals surface area contributed by atoms with Crippen LogP contribution in [0.3, 0.4) is 0 Å². The maximum absolute atomic E-state index is 12.3. The molecule has 26 heavy (non-hydrogen) atoms. The number of hydrogen-bond acceptors (Lipinski definition) is 6. The molecule has 0 fully saturated rings. The van der Waals surface area contributed by atoms with Crippen molar-refractivity contribution in [2.45, 2.75) is 11.4 Å². The Kier molecular flexibility index (Phi) is 5.05. The van der Waals surface area contributed by atoms with Gasteiger partial charge in [-0.3, -0.25) is 19.8 Å². The second-order valence-corrected chi connectivity index (χ2v) is 7.10. The van der Waals surface area contributed by atoms with Gasteiger partial charge in [0.25, 0.3) is 5.69 Å². The number of hydrogen-bond donors (Lipinski definition) is 1. The number of nitro groups is 1. The Balaban J connectivity index is 1.63. The molecule has 0 amide bonds. The van der Waals surface area contributed by atoms with E-state index in [1.54, 1.807) is 23.1 Å². The molecular formula is C16H15N5O4S. The third-order valence-corrected chi connectivity index (χ3v) is 5.00. The molecule has 0 bridgehead atoms. The molecule has 0 aliphatic carbocycles. The Bertz CT molecular complexity index is 1020. The van der Waals surface area contributed by atoms with Gasteiger partial charge in [-0.2, -0.15) is 5.10 Å². The summed E-state index contributed by atoms with van der Waals surface area (Å²) < 4.78 is 28.5. The Morgan fingerprint density at radius 2 is 1.96 bits per heavy atom. The SMILES string of the molecule is O=[N+]([O-])c1cccc(S(=O)(=O)NCCn2ccc(-c3ccccn3)n2)c1. The van der Waals surface area contributed by atoms with E-state index in [1.807, 2.05) is 18.2 Å². The quantitative estimate of drug-likeness (QED) is 0.498. The number of benzene rings is 1. The molecule has 10 heteroatoms. The van der Waals surface area contributed by atoms with E-state index in [-0.39, 0.29) is 17.1 Å². The van der Waals surface area contributed by atoms with Gasteiger partial charge in [-0.05, 0) is 24.3 Å². The molecule has 0 aliphatic heterocycles. The van der Waals surface area contributed by atoms with Crippen LogP contribution in [-0.4, -0.2) is 34.7 Å². The van der Waals surface area contributed by atoms with Crippen LogP contribution in [-0.2, 0) is 16.6 Å². The second kappa shape index (κ2) is 7.42. The highest BCUT2D eigenvalue weighted by molar-refractivity contribution is 7.89. The highest BCUT2D eigenvalue weighted by Crippen LogP contribution is 2.17. The molecule has 9 nitrogen and oxygen atoms in total. The van der Waals surface area contributed by atoms with Crippen LogP contribution >= 0.6 is 0 Å². The molecule has 0 spiro atoms. The van der Waals surface area contributed by atoms with E-state index in [1.165, 1.54) is 18.2 Å². The Labute approximate surface area is 149 Å². The number of sulfonamides is 1. The highest BCUT2D eigenvalue weighted by Gasteiger charge is 2.17.